The van der Waals surface area contributed by atoms with Gasteiger partial charge < -0.3 is 35.6 Å². The van der Waals surface area contributed by atoms with Crippen molar-refractivity contribution < 1.29 is 29.3 Å². The fraction of sp³-hybridized carbons (Fsp3) is 0.935. The molecule has 40 heavy (non-hydrogen) atoms. The number of aliphatic hydroxyl groups excluding tert-OH is 1. The van der Waals surface area contributed by atoms with Crippen LogP contribution in [0.5, 0.6) is 0 Å². The maximum atomic E-state index is 13.9. The molecular weight excluding hydrogens is 510 g/mol. The number of hydrogen-bond acceptors (Lipinski definition) is 9. The summed E-state index contributed by atoms with van der Waals surface area (Å²) in [4.78, 5) is 29.2. The minimum absolute atomic E-state index is 0.148. The highest BCUT2D eigenvalue weighted by Crippen LogP contribution is 2.46. The van der Waals surface area contributed by atoms with Gasteiger partial charge in [-0.3, -0.25) is 9.59 Å². The Labute approximate surface area is 243 Å². The number of carbonyl (C=O) groups is 2. The van der Waals surface area contributed by atoms with E-state index in [-0.39, 0.29) is 23.0 Å². The number of Topliss-reactive ketones (excluding diaryl/α,β-unsaturated/α-hetero) is 1. The Morgan fingerprint density at radius 3 is 2.27 bits per heavy atom. The third-order valence-corrected chi connectivity index (χ3v) is 8.97. The average Bonchev–Trinajstić information content (AvgIpc) is 2.85. The molecule has 1 aliphatic rings. The molecule has 0 amide bonds. The number of aliphatic hydroxyl groups is 2. The van der Waals surface area contributed by atoms with Gasteiger partial charge in [0.25, 0.3) is 0 Å². The number of likely N-dealkylation sites (N-methyl/N-ethyl adjacent to an activating group) is 1. The van der Waals surface area contributed by atoms with E-state index in [1.54, 1.807) is 13.8 Å². The molecule has 0 aromatic carbocycles. The Morgan fingerprint density at radius 2 is 1.75 bits per heavy atom. The molecule has 0 aromatic rings. The monoisotopic (exact) mass is 571 g/mol. The molecule has 0 spiro atoms. The second-order valence-electron chi connectivity index (χ2n) is 13.8. The van der Waals surface area contributed by atoms with Gasteiger partial charge in [0.05, 0.1) is 12.2 Å². The third kappa shape index (κ3) is 9.46. The molecule has 9 heteroatoms. The molecule has 1 fully saturated rings. The van der Waals surface area contributed by atoms with Crippen LogP contribution in [-0.2, 0) is 19.1 Å². The third-order valence-electron chi connectivity index (χ3n) is 8.97. The van der Waals surface area contributed by atoms with Gasteiger partial charge in [-0.2, -0.15) is 0 Å². The van der Waals surface area contributed by atoms with Crippen molar-refractivity contribution in [2.75, 3.05) is 39.8 Å². The lowest BCUT2D eigenvalue weighted by Gasteiger charge is -2.49. The van der Waals surface area contributed by atoms with Crippen molar-refractivity contribution in [3.05, 3.63) is 0 Å². The lowest BCUT2D eigenvalue weighted by molar-refractivity contribution is -0.190. The second kappa shape index (κ2) is 15.4. The summed E-state index contributed by atoms with van der Waals surface area (Å²) in [7, 11) is 1.93. The summed E-state index contributed by atoms with van der Waals surface area (Å²) >= 11 is 0. The molecule has 1 rings (SSSR count). The largest absolute Gasteiger partial charge is 0.459 e. The maximum absolute atomic E-state index is 13.9. The number of ketones is 1. The predicted molar refractivity (Wildman–Crippen MR) is 160 cm³/mol. The van der Waals surface area contributed by atoms with E-state index in [2.05, 4.69) is 39.9 Å². The first-order chi connectivity index (χ1) is 18.3. The second-order valence-corrected chi connectivity index (χ2v) is 13.8. The first-order valence-electron chi connectivity index (χ1n) is 15.2. The molecule has 1 heterocycles. The predicted octanol–water partition coefficient (Wildman–Crippen LogP) is 3.00. The van der Waals surface area contributed by atoms with Crippen LogP contribution in [0.3, 0.4) is 0 Å². The van der Waals surface area contributed by atoms with Gasteiger partial charge in [-0.25, -0.2) is 0 Å². The van der Waals surface area contributed by atoms with Crippen LogP contribution in [0.4, 0.5) is 0 Å². The van der Waals surface area contributed by atoms with Crippen molar-refractivity contribution in [2.24, 2.45) is 34.8 Å². The molecule has 1 aliphatic heterocycles. The average molecular weight is 572 g/mol. The summed E-state index contributed by atoms with van der Waals surface area (Å²) in [6, 6.07) is -0.411. The minimum Gasteiger partial charge on any atom is -0.459 e. The quantitative estimate of drug-likeness (QED) is 0.197. The summed E-state index contributed by atoms with van der Waals surface area (Å²) in [6.07, 6.45) is -0.273. The Balaban J connectivity index is 3.57. The number of carbonyl (C=O) groups excluding carboxylic acids is 2. The molecule has 0 bridgehead atoms. The van der Waals surface area contributed by atoms with E-state index in [0.29, 0.717) is 39.1 Å². The number of esters is 1. The SMILES string of the molecule is CC[C@H]1OC(=O)[C@H](C)C(=O)[C@H](C)[C@@H](C(C)(C)C)[C@](C)(OCCNCCCN)C[C@@H](C)CN(C)[C@H](C)[C@@H](O)[C@]1(C)O. The van der Waals surface area contributed by atoms with Crippen molar-refractivity contribution in [3.63, 3.8) is 0 Å². The molecule has 5 N–H and O–H groups in total. The van der Waals surface area contributed by atoms with E-state index in [1.165, 1.54) is 6.92 Å². The lowest BCUT2D eigenvalue weighted by atomic mass is 9.61. The standard InChI is InChI=1S/C31H61N3O6/c1-12-24-31(10,38)27(36)23(5)34(11)19-20(2)18-30(9,39-17-16-33-15-13-14-32)26(29(6,7)8)21(3)25(35)22(4)28(37)40-24/h20-24,26-27,33,36,38H,12-19,32H2,1-11H3/t20-,21+,22-,23-,24-,26+,27-,30-,31-/m1/s1. The normalized spacial score (nSPS) is 38.0. The van der Waals surface area contributed by atoms with Crippen LogP contribution in [0.2, 0.25) is 0 Å². The molecule has 9 nitrogen and oxygen atoms in total. The topological polar surface area (TPSA) is 134 Å². The van der Waals surface area contributed by atoms with E-state index in [1.807, 2.05) is 25.8 Å². The molecule has 0 aliphatic carbocycles. The van der Waals surface area contributed by atoms with Crippen LogP contribution < -0.4 is 11.1 Å². The lowest BCUT2D eigenvalue weighted by Crippen LogP contribution is -2.59. The molecule has 0 saturated carbocycles. The van der Waals surface area contributed by atoms with Crippen molar-refractivity contribution >= 4 is 11.8 Å². The van der Waals surface area contributed by atoms with Crippen LogP contribution in [0.1, 0.15) is 88.5 Å². The van der Waals surface area contributed by atoms with Crippen molar-refractivity contribution in [3.8, 4) is 0 Å². The van der Waals surface area contributed by atoms with Gasteiger partial charge in [-0.15, -0.1) is 0 Å². The number of nitrogens with zero attached hydrogens (tertiary/aromatic N) is 1. The zero-order valence-corrected chi connectivity index (χ0v) is 27.3. The molecular formula is C31H61N3O6. The zero-order valence-electron chi connectivity index (χ0n) is 27.3. The van der Waals surface area contributed by atoms with E-state index in [9.17, 15) is 19.8 Å². The Bertz CT molecular complexity index is 800. The van der Waals surface area contributed by atoms with Crippen molar-refractivity contribution in [2.45, 2.75) is 118 Å². The Morgan fingerprint density at radius 1 is 1.15 bits per heavy atom. The molecule has 0 radical (unpaired) electrons. The molecule has 0 aromatic heterocycles. The van der Waals surface area contributed by atoms with Crippen LogP contribution in [0, 0.1) is 29.1 Å². The highest BCUT2D eigenvalue weighted by molar-refractivity contribution is 5.99. The molecule has 1 saturated heterocycles. The Hall–Kier alpha value is -1.10. The van der Waals surface area contributed by atoms with Gasteiger partial charge in [0.2, 0.25) is 0 Å². The van der Waals surface area contributed by atoms with Gasteiger partial charge in [-0.05, 0) is 78.4 Å². The van der Waals surface area contributed by atoms with Crippen LogP contribution in [0.15, 0.2) is 0 Å². The summed E-state index contributed by atoms with van der Waals surface area (Å²) < 4.78 is 12.5. The fourth-order valence-electron chi connectivity index (χ4n) is 7.05. The first kappa shape index (κ1) is 36.9. The van der Waals surface area contributed by atoms with Crippen molar-refractivity contribution in [1.29, 1.82) is 0 Å². The minimum atomic E-state index is -1.70. The van der Waals surface area contributed by atoms with Crippen molar-refractivity contribution in [1.82, 2.24) is 10.2 Å². The van der Waals surface area contributed by atoms with Gasteiger partial charge >= 0.3 is 5.97 Å². The number of nitrogens with two attached hydrogens (primary N) is 1. The molecule has 236 valence electrons. The van der Waals surface area contributed by atoms with Crippen LogP contribution >= 0.6 is 0 Å². The number of ether oxygens (including phenoxy) is 2. The highest BCUT2D eigenvalue weighted by atomic mass is 16.6. The summed E-state index contributed by atoms with van der Waals surface area (Å²) in [5, 5.41) is 26.0. The van der Waals surface area contributed by atoms with E-state index >= 15 is 0 Å². The fourth-order valence-corrected chi connectivity index (χ4v) is 7.05. The first-order valence-corrected chi connectivity index (χ1v) is 15.2. The summed E-state index contributed by atoms with van der Waals surface area (Å²) in [6.45, 7) is 22.5. The number of nitrogens with one attached hydrogen (secondary N) is 1. The van der Waals surface area contributed by atoms with Gasteiger partial charge in [-0.1, -0.05) is 41.5 Å². The smallest absolute Gasteiger partial charge is 0.316 e. The summed E-state index contributed by atoms with van der Waals surface area (Å²) in [5.41, 5.74) is 2.94. The van der Waals surface area contributed by atoms with Crippen LogP contribution in [0.25, 0.3) is 0 Å². The van der Waals surface area contributed by atoms with E-state index in [0.717, 1.165) is 13.0 Å². The summed E-state index contributed by atoms with van der Waals surface area (Å²) in [5.74, 6) is -2.44. The molecule has 9 atom stereocenters. The van der Waals surface area contributed by atoms with Gasteiger partial charge in [0, 0.05) is 31.0 Å². The van der Waals surface area contributed by atoms with E-state index < -0.39 is 47.3 Å². The zero-order chi connectivity index (χ0) is 31.1. The van der Waals surface area contributed by atoms with Gasteiger partial charge in [0.1, 0.15) is 29.5 Å². The van der Waals surface area contributed by atoms with Gasteiger partial charge in [0.15, 0.2) is 0 Å². The highest BCUT2D eigenvalue weighted by Gasteiger charge is 2.50. The Kier molecular flexibility index (Phi) is 14.2. The number of cyclic esters (lactones) is 1. The number of rotatable bonds is 8. The maximum Gasteiger partial charge on any atom is 0.316 e. The van der Waals surface area contributed by atoms with Crippen LogP contribution in [-0.4, -0.2) is 96.2 Å². The number of hydrogen-bond donors (Lipinski definition) is 4. The molecule has 0 unspecified atom stereocenters. The van der Waals surface area contributed by atoms with E-state index in [4.69, 9.17) is 15.2 Å².